The number of fused-ring (bicyclic) bond motifs is 1. The van der Waals surface area contributed by atoms with E-state index in [0.717, 1.165) is 11.1 Å². The number of aromatic carboxylic acids is 1. The number of hydrogen-bond acceptors (Lipinski definition) is 3. The van der Waals surface area contributed by atoms with Crippen LogP contribution in [0.15, 0.2) is 18.2 Å². The Balaban J connectivity index is 2.36. The van der Waals surface area contributed by atoms with Crippen LogP contribution in [0.4, 0.5) is 0 Å². The van der Waals surface area contributed by atoms with Crippen LogP contribution in [0.2, 0.25) is 0 Å². The van der Waals surface area contributed by atoms with Crippen molar-refractivity contribution in [3.05, 3.63) is 34.9 Å². The maximum absolute atomic E-state index is 11.4. The van der Waals surface area contributed by atoms with Gasteiger partial charge in [0.05, 0.1) is 11.8 Å². The van der Waals surface area contributed by atoms with Crippen LogP contribution in [0.25, 0.3) is 0 Å². The molecule has 0 spiro atoms. The molecule has 1 heterocycles. The standard InChI is InChI=1S/C11H13NO4S/c1-17(15,16)12-5-4-8-2-3-9(11(13)14)6-10(8)7-12/h2-3,6H,4-5,7H2,1H3,(H,13,14). The molecule has 0 radical (unpaired) electrons. The molecule has 1 N–H and O–H groups in total. The summed E-state index contributed by atoms with van der Waals surface area (Å²) in [5.74, 6) is -0.996. The van der Waals surface area contributed by atoms with Gasteiger partial charge < -0.3 is 5.11 Å². The van der Waals surface area contributed by atoms with Gasteiger partial charge in [0.2, 0.25) is 10.0 Å². The Morgan fingerprint density at radius 2 is 2.06 bits per heavy atom. The lowest BCUT2D eigenvalue weighted by molar-refractivity contribution is 0.0696. The van der Waals surface area contributed by atoms with Gasteiger partial charge in [0.25, 0.3) is 0 Å². The highest BCUT2D eigenvalue weighted by Gasteiger charge is 2.23. The third-order valence-corrected chi connectivity index (χ3v) is 4.15. The zero-order valence-electron chi connectivity index (χ0n) is 9.38. The van der Waals surface area contributed by atoms with Gasteiger partial charge in [-0.25, -0.2) is 13.2 Å². The lowest BCUT2D eigenvalue weighted by Gasteiger charge is -2.26. The Morgan fingerprint density at radius 1 is 1.35 bits per heavy atom. The minimum absolute atomic E-state index is 0.194. The van der Waals surface area contributed by atoms with Crippen LogP contribution in [-0.4, -0.2) is 36.6 Å². The predicted octanol–water partition coefficient (Wildman–Crippen LogP) is 0.702. The van der Waals surface area contributed by atoms with E-state index in [4.69, 9.17) is 5.11 Å². The average molecular weight is 255 g/mol. The van der Waals surface area contributed by atoms with Crippen molar-refractivity contribution in [3.8, 4) is 0 Å². The van der Waals surface area contributed by atoms with E-state index in [-0.39, 0.29) is 12.1 Å². The van der Waals surface area contributed by atoms with Gasteiger partial charge in [-0.05, 0) is 29.7 Å². The second-order valence-electron chi connectivity index (χ2n) is 4.14. The van der Waals surface area contributed by atoms with Gasteiger partial charge in [-0.1, -0.05) is 6.07 Å². The molecule has 1 aliphatic rings. The van der Waals surface area contributed by atoms with Crippen molar-refractivity contribution in [1.82, 2.24) is 4.31 Å². The molecule has 0 bridgehead atoms. The molecule has 0 fully saturated rings. The van der Waals surface area contributed by atoms with Gasteiger partial charge in [0.1, 0.15) is 0 Å². The Hall–Kier alpha value is -1.40. The first-order chi connectivity index (χ1) is 7.88. The number of hydrogen-bond donors (Lipinski definition) is 1. The van der Waals surface area contributed by atoms with E-state index in [9.17, 15) is 13.2 Å². The number of rotatable bonds is 2. The first-order valence-electron chi connectivity index (χ1n) is 5.18. The van der Waals surface area contributed by atoms with Crippen LogP contribution < -0.4 is 0 Å². The average Bonchev–Trinajstić information content (AvgIpc) is 2.26. The molecule has 0 aliphatic carbocycles. The fourth-order valence-electron chi connectivity index (χ4n) is 1.95. The lowest BCUT2D eigenvalue weighted by Crippen LogP contribution is -2.35. The molecule has 17 heavy (non-hydrogen) atoms. The quantitative estimate of drug-likeness (QED) is 0.844. The minimum atomic E-state index is -3.22. The third-order valence-electron chi connectivity index (χ3n) is 2.90. The van der Waals surface area contributed by atoms with Crippen molar-refractivity contribution in [2.24, 2.45) is 0 Å². The topological polar surface area (TPSA) is 74.7 Å². The number of nitrogens with zero attached hydrogens (tertiary/aromatic N) is 1. The molecule has 5 nitrogen and oxygen atoms in total. The second-order valence-corrected chi connectivity index (χ2v) is 6.12. The van der Waals surface area contributed by atoms with Gasteiger partial charge in [0, 0.05) is 13.1 Å². The molecule has 6 heteroatoms. The van der Waals surface area contributed by atoms with Gasteiger partial charge in [-0.15, -0.1) is 0 Å². The van der Waals surface area contributed by atoms with Gasteiger partial charge >= 0.3 is 5.97 Å². The van der Waals surface area contributed by atoms with E-state index in [1.807, 2.05) is 0 Å². The molecule has 1 aliphatic heterocycles. The molecule has 0 unspecified atom stereocenters. The maximum atomic E-state index is 11.4. The van der Waals surface area contributed by atoms with Crippen LogP contribution in [0.3, 0.4) is 0 Å². The summed E-state index contributed by atoms with van der Waals surface area (Å²) in [5, 5.41) is 8.88. The Kier molecular flexibility index (Phi) is 2.92. The summed E-state index contributed by atoms with van der Waals surface area (Å²) in [6, 6.07) is 4.87. The zero-order chi connectivity index (χ0) is 12.6. The van der Waals surface area contributed by atoms with E-state index in [2.05, 4.69) is 0 Å². The van der Waals surface area contributed by atoms with Crippen LogP contribution >= 0.6 is 0 Å². The monoisotopic (exact) mass is 255 g/mol. The summed E-state index contributed by atoms with van der Waals surface area (Å²) in [5.41, 5.74) is 2.00. The SMILES string of the molecule is CS(=O)(=O)N1CCc2ccc(C(=O)O)cc2C1. The molecule has 92 valence electrons. The molecular formula is C11H13NO4S. The highest BCUT2D eigenvalue weighted by atomic mass is 32.2. The molecule has 1 aromatic carbocycles. The summed E-state index contributed by atoms with van der Waals surface area (Å²) < 4.78 is 24.2. The lowest BCUT2D eigenvalue weighted by atomic mass is 9.99. The normalized spacial score (nSPS) is 16.5. The van der Waals surface area contributed by atoms with Crippen molar-refractivity contribution in [1.29, 1.82) is 0 Å². The number of carboxylic acid groups (broad SMARTS) is 1. The second kappa shape index (κ2) is 4.12. The van der Waals surface area contributed by atoms with Crippen LogP contribution in [0.1, 0.15) is 21.5 Å². The summed E-state index contributed by atoms with van der Waals surface area (Å²) in [7, 11) is -3.22. The van der Waals surface area contributed by atoms with Crippen molar-refractivity contribution < 1.29 is 18.3 Å². The van der Waals surface area contributed by atoms with Crippen LogP contribution in [-0.2, 0) is 23.0 Å². The molecule has 0 amide bonds. The number of carboxylic acids is 1. The summed E-state index contributed by atoms with van der Waals surface area (Å²) >= 11 is 0. The first-order valence-corrected chi connectivity index (χ1v) is 7.03. The molecule has 1 aromatic rings. The molecule has 2 rings (SSSR count). The Morgan fingerprint density at radius 3 is 2.65 bits per heavy atom. The molecule has 0 saturated carbocycles. The predicted molar refractivity (Wildman–Crippen MR) is 62.4 cm³/mol. The third kappa shape index (κ3) is 2.48. The van der Waals surface area contributed by atoms with Gasteiger partial charge in [-0.2, -0.15) is 4.31 Å². The van der Waals surface area contributed by atoms with Crippen molar-refractivity contribution in [3.63, 3.8) is 0 Å². The molecular weight excluding hydrogens is 242 g/mol. The van der Waals surface area contributed by atoms with Crippen molar-refractivity contribution in [2.75, 3.05) is 12.8 Å². The largest absolute Gasteiger partial charge is 0.478 e. The smallest absolute Gasteiger partial charge is 0.335 e. The van der Waals surface area contributed by atoms with E-state index in [1.54, 1.807) is 18.2 Å². The summed E-state index contributed by atoms with van der Waals surface area (Å²) in [4.78, 5) is 10.8. The fourth-order valence-corrected chi connectivity index (χ4v) is 2.74. The van der Waals surface area contributed by atoms with Gasteiger partial charge in [-0.3, -0.25) is 0 Å². The summed E-state index contributed by atoms with van der Waals surface area (Å²) in [6.07, 6.45) is 1.79. The van der Waals surface area contributed by atoms with Crippen molar-refractivity contribution in [2.45, 2.75) is 13.0 Å². The maximum Gasteiger partial charge on any atom is 0.335 e. The highest BCUT2D eigenvalue weighted by Crippen LogP contribution is 2.22. The summed E-state index contributed by atoms with van der Waals surface area (Å²) in [6.45, 7) is 0.716. The van der Waals surface area contributed by atoms with E-state index in [1.165, 1.54) is 10.6 Å². The van der Waals surface area contributed by atoms with Crippen LogP contribution in [0.5, 0.6) is 0 Å². The first kappa shape index (κ1) is 12.1. The Bertz CT molecular complexity index is 565. The molecule has 0 atom stereocenters. The van der Waals surface area contributed by atoms with E-state index in [0.29, 0.717) is 13.0 Å². The number of benzene rings is 1. The van der Waals surface area contributed by atoms with Crippen LogP contribution in [0, 0.1) is 0 Å². The number of carbonyl (C=O) groups is 1. The van der Waals surface area contributed by atoms with E-state index >= 15 is 0 Å². The van der Waals surface area contributed by atoms with E-state index < -0.39 is 16.0 Å². The molecule has 0 aromatic heterocycles. The fraction of sp³-hybridized carbons (Fsp3) is 0.364. The number of sulfonamides is 1. The molecule has 0 saturated heterocycles. The highest BCUT2D eigenvalue weighted by molar-refractivity contribution is 7.88. The minimum Gasteiger partial charge on any atom is -0.478 e. The Labute approximate surface area is 99.7 Å². The van der Waals surface area contributed by atoms with Gasteiger partial charge in [0.15, 0.2) is 0 Å². The van der Waals surface area contributed by atoms with Crippen molar-refractivity contribution >= 4 is 16.0 Å². The zero-order valence-corrected chi connectivity index (χ0v) is 10.2.